The number of hydrogen-bond acceptors (Lipinski definition) is 5. The van der Waals surface area contributed by atoms with Crippen molar-refractivity contribution in [3.05, 3.63) is 23.9 Å². The normalized spacial score (nSPS) is 27.9. The van der Waals surface area contributed by atoms with Crippen molar-refractivity contribution in [1.82, 2.24) is 14.8 Å². The van der Waals surface area contributed by atoms with Gasteiger partial charge in [0, 0.05) is 49.8 Å². The van der Waals surface area contributed by atoms with E-state index in [4.69, 9.17) is 4.74 Å². The van der Waals surface area contributed by atoms with Crippen LogP contribution >= 0.6 is 0 Å². The first-order valence-corrected chi connectivity index (χ1v) is 9.75. The number of ether oxygens (including phenoxy) is 1. The molecule has 0 bridgehead atoms. The number of nitrogens with zero attached hydrogens (tertiary/aromatic N) is 3. The van der Waals surface area contributed by atoms with Crippen molar-refractivity contribution in [2.75, 3.05) is 39.9 Å². The number of fused-ring (bicyclic) bond motifs is 1. The van der Waals surface area contributed by atoms with E-state index in [9.17, 15) is 14.7 Å². The zero-order chi connectivity index (χ0) is 19.0. The first kappa shape index (κ1) is 18.2. The Balaban J connectivity index is 1.47. The first-order valence-electron chi connectivity index (χ1n) is 9.75. The number of aliphatic hydroxyl groups is 1. The van der Waals surface area contributed by atoms with E-state index in [0.717, 1.165) is 32.2 Å². The smallest absolute Gasteiger partial charge is 0.255 e. The molecule has 3 fully saturated rings. The molecule has 3 heterocycles. The van der Waals surface area contributed by atoms with Crippen molar-refractivity contribution in [2.24, 2.45) is 17.3 Å². The van der Waals surface area contributed by atoms with Crippen LogP contribution in [0.1, 0.15) is 36.0 Å². The van der Waals surface area contributed by atoms with Gasteiger partial charge in [-0.2, -0.15) is 0 Å². The second kappa shape index (κ2) is 7.11. The van der Waals surface area contributed by atoms with E-state index in [1.165, 1.54) is 13.3 Å². The number of pyridine rings is 1. The van der Waals surface area contributed by atoms with E-state index in [1.54, 1.807) is 12.1 Å². The lowest BCUT2D eigenvalue weighted by molar-refractivity contribution is -0.143. The number of aromatic nitrogens is 1. The molecule has 1 aliphatic carbocycles. The Labute approximate surface area is 159 Å². The van der Waals surface area contributed by atoms with Crippen molar-refractivity contribution in [3.8, 4) is 5.88 Å². The van der Waals surface area contributed by atoms with Crippen molar-refractivity contribution < 1.29 is 19.4 Å². The fraction of sp³-hybridized carbons (Fsp3) is 0.650. The molecule has 0 unspecified atom stereocenters. The molecule has 2 amide bonds. The summed E-state index contributed by atoms with van der Waals surface area (Å²) in [5, 5.41) is 10.2. The molecular weight excluding hydrogens is 346 g/mol. The summed E-state index contributed by atoms with van der Waals surface area (Å²) in [6.07, 6.45) is 5.47. The quantitative estimate of drug-likeness (QED) is 0.857. The molecule has 146 valence electrons. The maximum Gasteiger partial charge on any atom is 0.255 e. The number of carbonyl (C=O) groups excluding carboxylic acids is 2. The molecule has 2 saturated heterocycles. The summed E-state index contributed by atoms with van der Waals surface area (Å²) in [5.74, 6) is 1.02. The van der Waals surface area contributed by atoms with Crippen LogP contribution in [0, 0.1) is 17.3 Å². The average molecular weight is 373 g/mol. The molecule has 1 saturated carbocycles. The number of rotatable bonds is 4. The van der Waals surface area contributed by atoms with Crippen molar-refractivity contribution in [1.29, 1.82) is 0 Å². The molecular formula is C20H27N3O4. The maximum absolute atomic E-state index is 12.9. The zero-order valence-corrected chi connectivity index (χ0v) is 15.8. The number of aliphatic hydroxyl groups excluding tert-OH is 1. The molecule has 0 radical (unpaired) electrons. The van der Waals surface area contributed by atoms with Gasteiger partial charge < -0.3 is 19.6 Å². The summed E-state index contributed by atoms with van der Waals surface area (Å²) >= 11 is 0. The van der Waals surface area contributed by atoms with Crippen LogP contribution in [0.3, 0.4) is 0 Å². The van der Waals surface area contributed by atoms with E-state index in [-0.39, 0.29) is 30.3 Å². The number of methoxy groups -OCH3 is 1. The minimum Gasteiger partial charge on any atom is -0.481 e. The van der Waals surface area contributed by atoms with Gasteiger partial charge in [0.25, 0.3) is 5.91 Å². The van der Waals surface area contributed by atoms with Gasteiger partial charge in [-0.1, -0.05) is 6.42 Å². The van der Waals surface area contributed by atoms with Crippen LogP contribution in [-0.2, 0) is 4.79 Å². The Bertz CT molecular complexity index is 718. The molecule has 3 aliphatic rings. The molecule has 27 heavy (non-hydrogen) atoms. The van der Waals surface area contributed by atoms with E-state index in [1.807, 2.05) is 9.80 Å². The highest BCUT2D eigenvalue weighted by molar-refractivity contribution is 5.94. The van der Waals surface area contributed by atoms with Crippen LogP contribution in [0.25, 0.3) is 0 Å². The van der Waals surface area contributed by atoms with Crippen LogP contribution in [0.5, 0.6) is 5.88 Å². The Kier molecular flexibility index (Phi) is 4.80. The summed E-state index contributed by atoms with van der Waals surface area (Å²) in [6.45, 7) is 2.38. The second-order valence-electron chi connectivity index (χ2n) is 8.17. The lowest BCUT2D eigenvalue weighted by atomic mass is 9.73. The van der Waals surface area contributed by atoms with Crippen LogP contribution in [-0.4, -0.2) is 71.6 Å². The van der Waals surface area contributed by atoms with E-state index in [0.29, 0.717) is 31.1 Å². The summed E-state index contributed by atoms with van der Waals surface area (Å²) in [6, 6.07) is 3.39. The number of likely N-dealkylation sites (tertiary alicyclic amines) is 2. The predicted molar refractivity (Wildman–Crippen MR) is 98.2 cm³/mol. The Morgan fingerprint density at radius 1 is 1.26 bits per heavy atom. The zero-order valence-electron chi connectivity index (χ0n) is 15.8. The van der Waals surface area contributed by atoms with E-state index >= 15 is 0 Å². The van der Waals surface area contributed by atoms with Gasteiger partial charge >= 0.3 is 0 Å². The van der Waals surface area contributed by atoms with E-state index in [2.05, 4.69) is 4.98 Å². The van der Waals surface area contributed by atoms with Crippen LogP contribution < -0.4 is 4.74 Å². The molecule has 0 spiro atoms. The van der Waals surface area contributed by atoms with Crippen LogP contribution in [0.15, 0.2) is 18.3 Å². The molecule has 1 aromatic heterocycles. The van der Waals surface area contributed by atoms with Crippen molar-refractivity contribution >= 4 is 11.8 Å². The lowest BCUT2D eigenvalue weighted by Gasteiger charge is -2.44. The number of hydrogen-bond donors (Lipinski definition) is 1. The molecule has 4 rings (SSSR count). The Morgan fingerprint density at radius 3 is 2.63 bits per heavy atom. The number of piperidine rings is 1. The van der Waals surface area contributed by atoms with Gasteiger partial charge in [0.05, 0.1) is 19.3 Å². The monoisotopic (exact) mass is 373 g/mol. The topological polar surface area (TPSA) is 83.0 Å². The Hall–Kier alpha value is -2.15. The van der Waals surface area contributed by atoms with Gasteiger partial charge in [-0.15, -0.1) is 0 Å². The summed E-state index contributed by atoms with van der Waals surface area (Å²) in [4.78, 5) is 33.4. The third-order valence-electron chi connectivity index (χ3n) is 6.63. The van der Waals surface area contributed by atoms with Crippen LogP contribution in [0.4, 0.5) is 0 Å². The van der Waals surface area contributed by atoms with Crippen molar-refractivity contribution in [3.63, 3.8) is 0 Å². The molecule has 1 aromatic rings. The Morgan fingerprint density at radius 2 is 2.04 bits per heavy atom. The number of amides is 2. The fourth-order valence-electron chi connectivity index (χ4n) is 4.68. The molecule has 0 aromatic carbocycles. The second-order valence-corrected chi connectivity index (χ2v) is 8.17. The minimum atomic E-state index is -0.410. The highest BCUT2D eigenvalue weighted by atomic mass is 16.5. The van der Waals surface area contributed by atoms with Crippen molar-refractivity contribution in [2.45, 2.75) is 25.7 Å². The molecule has 7 nitrogen and oxygen atoms in total. The predicted octanol–water partition coefficient (Wildman–Crippen LogP) is 1.17. The SMILES string of the molecule is COc1ccc(C(=O)N2C[C@@H]3CCN(C(=O)C4CCC4)C[C@]3(CO)C2)cn1. The molecule has 7 heteroatoms. The summed E-state index contributed by atoms with van der Waals surface area (Å²) in [5.41, 5.74) is 0.109. The largest absolute Gasteiger partial charge is 0.481 e. The third-order valence-corrected chi connectivity index (χ3v) is 6.63. The molecule has 2 atom stereocenters. The standard InChI is InChI=1S/C20H27N3O4/c1-27-17-6-5-15(9-21-17)19(26)23-10-16-7-8-22(11-20(16,12-23)13-24)18(25)14-3-2-4-14/h5-6,9,14,16,24H,2-4,7-8,10-13H2,1H3/t16-,20+/m0/s1. The number of carbonyl (C=O) groups is 2. The average Bonchev–Trinajstić information content (AvgIpc) is 3.05. The van der Waals surface area contributed by atoms with Gasteiger partial charge in [-0.05, 0) is 31.2 Å². The highest BCUT2D eigenvalue weighted by Gasteiger charge is 2.52. The first-order chi connectivity index (χ1) is 13.1. The summed E-state index contributed by atoms with van der Waals surface area (Å²) in [7, 11) is 1.54. The van der Waals surface area contributed by atoms with Gasteiger partial charge in [0.2, 0.25) is 11.8 Å². The molecule has 1 N–H and O–H groups in total. The van der Waals surface area contributed by atoms with Gasteiger partial charge in [-0.25, -0.2) is 4.98 Å². The van der Waals surface area contributed by atoms with Crippen LogP contribution in [0.2, 0.25) is 0 Å². The minimum absolute atomic E-state index is 0.00322. The lowest BCUT2D eigenvalue weighted by Crippen LogP contribution is -2.54. The van der Waals surface area contributed by atoms with E-state index < -0.39 is 5.41 Å². The summed E-state index contributed by atoms with van der Waals surface area (Å²) < 4.78 is 5.05. The maximum atomic E-state index is 12.9. The fourth-order valence-corrected chi connectivity index (χ4v) is 4.68. The van der Waals surface area contributed by atoms with Gasteiger partial charge in [0.1, 0.15) is 0 Å². The van der Waals surface area contributed by atoms with Gasteiger partial charge in [-0.3, -0.25) is 9.59 Å². The third kappa shape index (κ3) is 3.18. The molecule has 2 aliphatic heterocycles. The highest BCUT2D eigenvalue weighted by Crippen LogP contribution is 2.43. The van der Waals surface area contributed by atoms with Gasteiger partial charge in [0.15, 0.2) is 0 Å².